The van der Waals surface area contributed by atoms with Gasteiger partial charge in [0.1, 0.15) is 0 Å². The molecular formula is C9H14N2. The zero-order chi connectivity index (χ0) is 8.48. The molecule has 0 aliphatic rings. The molecule has 1 heterocycles. The summed E-state index contributed by atoms with van der Waals surface area (Å²) in [4.78, 5) is 0. The van der Waals surface area contributed by atoms with Crippen molar-refractivity contribution < 1.29 is 0 Å². The van der Waals surface area contributed by atoms with Crippen LogP contribution in [-0.2, 0) is 5.54 Å². The summed E-state index contributed by atoms with van der Waals surface area (Å²) in [7, 11) is 0. The zero-order valence-corrected chi connectivity index (χ0v) is 7.33. The fraction of sp³-hybridized carbons (Fsp3) is 0.444. The molecule has 60 valence electrons. The largest absolute Gasteiger partial charge is 0.260 e. The van der Waals surface area contributed by atoms with Gasteiger partial charge in [-0.3, -0.25) is 4.68 Å². The molecule has 0 atom stereocenters. The highest BCUT2D eigenvalue weighted by Crippen LogP contribution is 2.15. The molecule has 0 saturated heterocycles. The Balaban J connectivity index is 3.12. The van der Waals surface area contributed by atoms with Crippen molar-refractivity contribution in [1.29, 1.82) is 0 Å². The summed E-state index contributed by atoms with van der Waals surface area (Å²) >= 11 is 0. The van der Waals surface area contributed by atoms with Crippen molar-refractivity contribution in [3.05, 3.63) is 24.5 Å². The predicted octanol–water partition coefficient (Wildman–Crippen LogP) is 2.28. The van der Waals surface area contributed by atoms with Crippen molar-refractivity contribution in [3.63, 3.8) is 0 Å². The molecule has 0 radical (unpaired) electrons. The molecule has 0 saturated carbocycles. The third-order valence-corrected chi connectivity index (χ3v) is 1.52. The van der Waals surface area contributed by atoms with E-state index in [1.165, 1.54) is 0 Å². The standard InChI is InChI=1S/C9H14N2/c1-5-8-6-7-10-11(8)9(2,3)4/h5-7H,1H2,2-4H3. The molecule has 2 nitrogen and oxygen atoms in total. The molecule has 0 bridgehead atoms. The molecule has 2 heteroatoms. The van der Waals surface area contributed by atoms with Crippen molar-refractivity contribution in [3.8, 4) is 0 Å². The number of aromatic nitrogens is 2. The van der Waals surface area contributed by atoms with Crippen LogP contribution in [0.3, 0.4) is 0 Å². The second-order valence-electron chi connectivity index (χ2n) is 3.54. The molecule has 1 rings (SSSR count). The van der Waals surface area contributed by atoms with E-state index in [1.54, 1.807) is 6.20 Å². The van der Waals surface area contributed by atoms with Gasteiger partial charge in [0, 0.05) is 6.20 Å². The molecule has 0 aliphatic heterocycles. The van der Waals surface area contributed by atoms with Crippen LogP contribution < -0.4 is 0 Å². The van der Waals surface area contributed by atoms with Gasteiger partial charge in [-0.15, -0.1) is 0 Å². The fourth-order valence-electron chi connectivity index (χ4n) is 1.03. The van der Waals surface area contributed by atoms with E-state index >= 15 is 0 Å². The highest BCUT2D eigenvalue weighted by atomic mass is 15.3. The summed E-state index contributed by atoms with van der Waals surface area (Å²) in [5.41, 5.74) is 1.12. The molecule has 0 spiro atoms. The summed E-state index contributed by atoms with van der Waals surface area (Å²) in [6.07, 6.45) is 3.61. The van der Waals surface area contributed by atoms with Crippen LogP contribution in [0.1, 0.15) is 26.5 Å². The molecular weight excluding hydrogens is 136 g/mol. The van der Waals surface area contributed by atoms with Crippen LogP contribution in [0.25, 0.3) is 6.08 Å². The van der Waals surface area contributed by atoms with Crippen LogP contribution in [0.15, 0.2) is 18.8 Å². The Morgan fingerprint density at radius 1 is 1.55 bits per heavy atom. The summed E-state index contributed by atoms with van der Waals surface area (Å²) in [5.74, 6) is 0. The van der Waals surface area contributed by atoms with Crippen molar-refractivity contribution in [2.24, 2.45) is 0 Å². The fourth-order valence-corrected chi connectivity index (χ4v) is 1.03. The van der Waals surface area contributed by atoms with Gasteiger partial charge in [0.05, 0.1) is 11.2 Å². The number of hydrogen-bond donors (Lipinski definition) is 0. The molecule has 0 amide bonds. The molecule has 11 heavy (non-hydrogen) atoms. The minimum absolute atomic E-state index is 0.0486. The summed E-state index contributed by atoms with van der Waals surface area (Å²) < 4.78 is 1.96. The zero-order valence-electron chi connectivity index (χ0n) is 7.33. The van der Waals surface area contributed by atoms with Gasteiger partial charge in [0.25, 0.3) is 0 Å². The minimum Gasteiger partial charge on any atom is -0.260 e. The van der Waals surface area contributed by atoms with E-state index in [-0.39, 0.29) is 5.54 Å². The van der Waals surface area contributed by atoms with Gasteiger partial charge < -0.3 is 0 Å². The average molecular weight is 150 g/mol. The maximum absolute atomic E-state index is 4.20. The van der Waals surface area contributed by atoms with Gasteiger partial charge in [-0.05, 0) is 32.9 Å². The van der Waals surface area contributed by atoms with E-state index in [9.17, 15) is 0 Å². The third-order valence-electron chi connectivity index (χ3n) is 1.52. The Morgan fingerprint density at radius 3 is 2.55 bits per heavy atom. The molecule has 0 unspecified atom stereocenters. The first kappa shape index (κ1) is 8.05. The van der Waals surface area contributed by atoms with Crippen LogP contribution in [-0.4, -0.2) is 9.78 Å². The smallest absolute Gasteiger partial charge is 0.0610 e. The highest BCUT2D eigenvalue weighted by Gasteiger charge is 2.14. The van der Waals surface area contributed by atoms with Gasteiger partial charge >= 0.3 is 0 Å². The Morgan fingerprint density at radius 2 is 2.18 bits per heavy atom. The Labute approximate surface area is 67.5 Å². The Kier molecular flexibility index (Phi) is 1.85. The van der Waals surface area contributed by atoms with Crippen LogP contribution >= 0.6 is 0 Å². The van der Waals surface area contributed by atoms with E-state index in [0.29, 0.717) is 0 Å². The molecule has 0 aliphatic carbocycles. The van der Waals surface area contributed by atoms with Crippen molar-refractivity contribution in [2.75, 3.05) is 0 Å². The van der Waals surface area contributed by atoms with Crippen LogP contribution in [0, 0.1) is 0 Å². The molecule has 1 aromatic heterocycles. The van der Waals surface area contributed by atoms with Crippen LogP contribution in [0.4, 0.5) is 0 Å². The normalized spacial score (nSPS) is 11.5. The van der Waals surface area contributed by atoms with Crippen LogP contribution in [0.2, 0.25) is 0 Å². The molecule has 0 N–H and O–H groups in total. The topological polar surface area (TPSA) is 17.8 Å². The second-order valence-corrected chi connectivity index (χ2v) is 3.54. The lowest BCUT2D eigenvalue weighted by Gasteiger charge is -2.21. The average Bonchev–Trinajstić information content (AvgIpc) is 2.31. The third kappa shape index (κ3) is 1.50. The van der Waals surface area contributed by atoms with Crippen molar-refractivity contribution in [1.82, 2.24) is 9.78 Å². The monoisotopic (exact) mass is 150 g/mol. The maximum Gasteiger partial charge on any atom is 0.0610 e. The first-order chi connectivity index (χ1) is 5.05. The van der Waals surface area contributed by atoms with E-state index < -0.39 is 0 Å². The van der Waals surface area contributed by atoms with Crippen LogP contribution in [0.5, 0.6) is 0 Å². The number of rotatable bonds is 1. The quantitative estimate of drug-likeness (QED) is 0.600. The summed E-state index contributed by atoms with van der Waals surface area (Å²) in [5, 5.41) is 4.20. The lowest BCUT2D eigenvalue weighted by molar-refractivity contribution is 0.353. The number of nitrogens with zero attached hydrogens (tertiary/aromatic N) is 2. The Hall–Kier alpha value is -1.05. The van der Waals surface area contributed by atoms with Crippen molar-refractivity contribution in [2.45, 2.75) is 26.3 Å². The van der Waals surface area contributed by atoms with Gasteiger partial charge in [0.15, 0.2) is 0 Å². The van der Waals surface area contributed by atoms with Gasteiger partial charge in [-0.2, -0.15) is 5.10 Å². The predicted molar refractivity (Wildman–Crippen MR) is 47.3 cm³/mol. The lowest BCUT2D eigenvalue weighted by Crippen LogP contribution is -2.24. The highest BCUT2D eigenvalue weighted by molar-refractivity contribution is 5.41. The SMILES string of the molecule is C=Cc1ccnn1C(C)(C)C. The molecule has 0 fully saturated rings. The first-order valence-electron chi connectivity index (χ1n) is 3.72. The van der Waals surface area contributed by atoms with Gasteiger partial charge in [-0.1, -0.05) is 6.58 Å². The molecule has 1 aromatic rings. The number of hydrogen-bond acceptors (Lipinski definition) is 1. The van der Waals surface area contributed by atoms with E-state index in [2.05, 4.69) is 32.4 Å². The van der Waals surface area contributed by atoms with Gasteiger partial charge in [-0.25, -0.2) is 0 Å². The Bertz CT molecular complexity index is 253. The van der Waals surface area contributed by atoms with Crippen molar-refractivity contribution >= 4 is 6.08 Å². The van der Waals surface area contributed by atoms with Gasteiger partial charge in [0.2, 0.25) is 0 Å². The van der Waals surface area contributed by atoms with E-state index in [4.69, 9.17) is 0 Å². The first-order valence-corrected chi connectivity index (χ1v) is 3.72. The maximum atomic E-state index is 4.20. The van der Waals surface area contributed by atoms with E-state index in [0.717, 1.165) is 5.69 Å². The van der Waals surface area contributed by atoms with E-state index in [1.807, 2.05) is 16.8 Å². The molecule has 0 aromatic carbocycles. The summed E-state index contributed by atoms with van der Waals surface area (Å²) in [6, 6.07) is 1.96. The lowest BCUT2D eigenvalue weighted by atomic mass is 10.1. The summed E-state index contributed by atoms with van der Waals surface area (Å²) in [6.45, 7) is 10.1. The second kappa shape index (κ2) is 2.53. The minimum atomic E-state index is 0.0486.